The fourth-order valence-electron chi connectivity index (χ4n) is 4.33. The first kappa shape index (κ1) is 16.3. The van der Waals surface area contributed by atoms with Crippen LogP contribution in [0.5, 0.6) is 0 Å². The molecular formula is C21H23FN2O. The first-order valence-corrected chi connectivity index (χ1v) is 8.98. The van der Waals surface area contributed by atoms with Gasteiger partial charge in [-0.1, -0.05) is 18.2 Å². The number of hydrogen-bond acceptors (Lipinski definition) is 2. The summed E-state index contributed by atoms with van der Waals surface area (Å²) in [5.41, 5.74) is 5.13. The van der Waals surface area contributed by atoms with Gasteiger partial charge in [0.05, 0.1) is 0 Å². The van der Waals surface area contributed by atoms with Crippen LogP contribution in [0.4, 0.5) is 4.39 Å². The molecule has 0 spiro atoms. The highest BCUT2D eigenvalue weighted by Gasteiger charge is 2.29. The molecule has 1 amide bonds. The lowest BCUT2D eigenvalue weighted by atomic mass is 9.79. The van der Waals surface area contributed by atoms with Crippen molar-refractivity contribution in [1.29, 1.82) is 0 Å². The van der Waals surface area contributed by atoms with Crippen LogP contribution in [-0.4, -0.2) is 18.0 Å². The lowest BCUT2D eigenvalue weighted by Crippen LogP contribution is -2.41. The molecule has 0 bridgehead atoms. The number of carbonyl (C=O) groups excluding carboxylic acids is 1. The third-order valence-electron chi connectivity index (χ3n) is 5.40. The van der Waals surface area contributed by atoms with E-state index in [1.165, 1.54) is 17.7 Å². The highest BCUT2D eigenvalue weighted by Crippen LogP contribution is 2.39. The van der Waals surface area contributed by atoms with Crippen molar-refractivity contribution < 1.29 is 9.18 Å². The second-order valence-corrected chi connectivity index (χ2v) is 7.42. The highest BCUT2D eigenvalue weighted by molar-refractivity contribution is 5.99. The summed E-state index contributed by atoms with van der Waals surface area (Å²) < 4.78 is 13.4. The lowest BCUT2D eigenvalue weighted by Gasteiger charge is -2.34. The minimum atomic E-state index is -0.242. The Labute approximate surface area is 147 Å². The van der Waals surface area contributed by atoms with Crippen LogP contribution in [0, 0.1) is 5.82 Å². The van der Waals surface area contributed by atoms with Gasteiger partial charge >= 0.3 is 0 Å². The molecule has 2 aromatic rings. The molecule has 130 valence electrons. The Morgan fingerprint density at radius 2 is 1.68 bits per heavy atom. The molecule has 4 rings (SSSR count). The zero-order chi connectivity index (χ0) is 17.6. The van der Waals surface area contributed by atoms with Crippen molar-refractivity contribution in [3.63, 3.8) is 0 Å². The van der Waals surface area contributed by atoms with E-state index < -0.39 is 0 Å². The number of carbonyl (C=O) groups is 1. The van der Waals surface area contributed by atoms with Gasteiger partial charge in [0.25, 0.3) is 5.91 Å². The smallest absolute Gasteiger partial charge is 0.251 e. The molecule has 0 radical (unpaired) electrons. The highest BCUT2D eigenvalue weighted by atomic mass is 19.1. The van der Waals surface area contributed by atoms with Gasteiger partial charge in [-0.15, -0.1) is 0 Å². The molecule has 2 atom stereocenters. The standard InChI is InChI=1S/C21H23FN2O/c1-12-7-15(8-13(2)24-12)18-9-16-11-23-21(25)20(16)10-19(18)14-3-5-17(22)6-4-14/h3-6,9-10,12-13,15,24H,7-8,11H2,1-2H3,(H,23,25). The van der Waals surface area contributed by atoms with Gasteiger partial charge in [-0.3, -0.25) is 4.79 Å². The maximum atomic E-state index is 13.4. The number of amides is 1. The molecule has 25 heavy (non-hydrogen) atoms. The Balaban J connectivity index is 1.84. The van der Waals surface area contributed by atoms with E-state index >= 15 is 0 Å². The first-order chi connectivity index (χ1) is 12.0. The summed E-state index contributed by atoms with van der Waals surface area (Å²) in [6.45, 7) is 5.04. The third-order valence-corrected chi connectivity index (χ3v) is 5.40. The fourth-order valence-corrected chi connectivity index (χ4v) is 4.33. The van der Waals surface area contributed by atoms with Gasteiger partial charge in [-0.25, -0.2) is 4.39 Å². The van der Waals surface area contributed by atoms with Gasteiger partial charge in [0.15, 0.2) is 0 Å². The van der Waals surface area contributed by atoms with Crippen LogP contribution in [0.1, 0.15) is 54.1 Å². The van der Waals surface area contributed by atoms with Gasteiger partial charge < -0.3 is 10.6 Å². The van der Waals surface area contributed by atoms with Gasteiger partial charge in [-0.05, 0) is 73.1 Å². The van der Waals surface area contributed by atoms with Crippen LogP contribution in [-0.2, 0) is 6.54 Å². The summed E-state index contributed by atoms with van der Waals surface area (Å²) in [6.07, 6.45) is 2.14. The van der Waals surface area contributed by atoms with Gasteiger partial charge in [-0.2, -0.15) is 0 Å². The second kappa shape index (κ2) is 6.26. The second-order valence-electron chi connectivity index (χ2n) is 7.42. The van der Waals surface area contributed by atoms with E-state index in [0.29, 0.717) is 24.5 Å². The largest absolute Gasteiger partial charge is 0.348 e. The molecule has 3 nitrogen and oxygen atoms in total. The quantitative estimate of drug-likeness (QED) is 0.870. The van der Waals surface area contributed by atoms with Crippen molar-refractivity contribution in [2.45, 2.75) is 51.2 Å². The summed E-state index contributed by atoms with van der Waals surface area (Å²) in [5, 5.41) is 6.50. The predicted octanol–water partition coefficient (Wildman–Crippen LogP) is 3.98. The zero-order valence-corrected chi connectivity index (χ0v) is 14.6. The van der Waals surface area contributed by atoms with Gasteiger partial charge in [0.1, 0.15) is 5.82 Å². The molecule has 2 aromatic carbocycles. The monoisotopic (exact) mass is 338 g/mol. The maximum Gasteiger partial charge on any atom is 0.251 e. The minimum Gasteiger partial charge on any atom is -0.348 e. The first-order valence-electron chi connectivity index (χ1n) is 8.98. The molecule has 0 aromatic heterocycles. The molecule has 2 N–H and O–H groups in total. The maximum absolute atomic E-state index is 13.4. The van der Waals surface area contributed by atoms with Crippen molar-refractivity contribution in [3.8, 4) is 11.1 Å². The Hall–Kier alpha value is -2.20. The van der Waals surface area contributed by atoms with E-state index in [-0.39, 0.29) is 11.7 Å². The summed E-state index contributed by atoms with van der Waals surface area (Å²) >= 11 is 0. The fraction of sp³-hybridized carbons (Fsp3) is 0.381. The lowest BCUT2D eigenvalue weighted by molar-refractivity contribution is 0.0966. The molecule has 1 saturated heterocycles. The topological polar surface area (TPSA) is 41.1 Å². The number of rotatable bonds is 2. The molecule has 2 aliphatic heterocycles. The molecule has 2 aliphatic rings. The SMILES string of the molecule is CC1CC(c2cc3c(cc2-c2ccc(F)cc2)C(=O)NC3)CC(C)N1. The third kappa shape index (κ3) is 3.07. The minimum absolute atomic E-state index is 0.0167. The number of piperidine rings is 1. The van der Waals surface area contributed by atoms with E-state index in [9.17, 15) is 9.18 Å². The summed E-state index contributed by atoms with van der Waals surface area (Å²) in [7, 11) is 0. The van der Waals surface area contributed by atoms with Crippen molar-refractivity contribution >= 4 is 5.91 Å². The Morgan fingerprint density at radius 1 is 1.00 bits per heavy atom. The Morgan fingerprint density at radius 3 is 2.36 bits per heavy atom. The van der Waals surface area contributed by atoms with E-state index in [1.54, 1.807) is 12.1 Å². The molecule has 2 heterocycles. The molecule has 2 unspecified atom stereocenters. The van der Waals surface area contributed by atoms with Crippen LogP contribution >= 0.6 is 0 Å². The van der Waals surface area contributed by atoms with E-state index in [0.717, 1.165) is 35.1 Å². The van der Waals surface area contributed by atoms with Crippen LogP contribution in [0.15, 0.2) is 36.4 Å². The predicted molar refractivity (Wildman–Crippen MR) is 97.0 cm³/mol. The van der Waals surface area contributed by atoms with Crippen molar-refractivity contribution in [2.24, 2.45) is 0 Å². The average Bonchev–Trinajstić information content (AvgIpc) is 2.94. The number of benzene rings is 2. The van der Waals surface area contributed by atoms with Crippen LogP contribution in [0.2, 0.25) is 0 Å². The van der Waals surface area contributed by atoms with Crippen LogP contribution in [0.3, 0.4) is 0 Å². The van der Waals surface area contributed by atoms with Crippen LogP contribution < -0.4 is 10.6 Å². The molecule has 0 saturated carbocycles. The Kier molecular flexibility index (Phi) is 4.08. The number of hydrogen-bond donors (Lipinski definition) is 2. The number of nitrogens with one attached hydrogen (secondary N) is 2. The number of fused-ring (bicyclic) bond motifs is 1. The summed E-state index contributed by atoms with van der Waals surface area (Å²) in [4.78, 5) is 12.1. The molecule has 4 heteroatoms. The summed E-state index contributed by atoms with van der Waals surface area (Å²) in [6, 6.07) is 11.7. The molecule has 1 fully saturated rings. The van der Waals surface area contributed by atoms with Crippen molar-refractivity contribution in [2.75, 3.05) is 0 Å². The van der Waals surface area contributed by atoms with E-state index in [1.807, 2.05) is 6.07 Å². The zero-order valence-electron chi connectivity index (χ0n) is 14.6. The summed E-state index contributed by atoms with van der Waals surface area (Å²) in [5.74, 6) is 0.178. The number of halogens is 1. The van der Waals surface area contributed by atoms with Crippen molar-refractivity contribution in [1.82, 2.24) is 10.6 Å². The van der Waals surface area contributed by atoms with E-state index in [4.69, 9.17) is 0 Å². The van der Waals surface area contributed by atoms with E-state index in [2.05, 4.69) is 30.5 Å². The van der Waals surface area contributed by atoms with Crippen LogP contribution in [0.25, 0.3) is 11.1 Å². The van der Waals surface area contributed by atoms with Gasteiger partial charge in [0.2, 0.25) is 0 Å². The molecule has 0 aliphatic carbocycles. The molecular weight excluding hydrogens is 315 g/mol. The average molecular weight is 338 g/mol. The normalized spacial score (nSPS) is 25.6. The van der Waals surface area contributed by atoms with Crippen molar-refractivity contribution in [3.05, 3.63) is 58.9 Å². The Bertz CT molecular complexity index is 805. The van der Waals surface area contributed by atoms with Gasteiger partial charge in [0, 0.05) is 24.2 Å².